The van der Waals surface area contributed by atoms with Crippen molar-refractivity contribution in [3.05, 3.63) is 47.8 Å². The van der Waals surface area contributed by atoms with Crippen molar-refractivity contribution in [1.82, 2.24) is 20.3 Å². The Morgan fingerprint density at radius 1 is 1.36 bits per heavy atom. The molecule has 1 spiro atoms. The Labute approximate surface area is 147 Å². The minimum atomic E-state index is -0.134. The van der Waals surface area contributed by atoms with Crippen molar-refractivity contribution in [3.8, 4) is 0 Å². The molecule has 2 aliphatic rings. The first-order valence-corrected chi connectivity index (χ1v) is 9.08. The molecule has 0 radical (unpaired) electrons. The van der Waals surface area contributed by atoms with E-state index in [2.05, 4.69) is 15.6 Å². The number of carbonyl (C=O) groups excluding carboxylic acids is 1. The van der Waals surface area contributed by atoms with Gasteiger partial charge in [0.2, 0.25) is 0 Å². The Balaban J connectivity index is 1.38. The Hall–Kier alpha value is -2.21. The monoisotopic (exact) mass is 340 g/mol. The molecule has 1 aromatic carbocycles. The molecule has 2 atom stereocenters. The van der Waals surface area contributed by atoms with Crippen LogP contribution in [0.2, 0.25) is 0 Å². The van der Waals surface area contributed by atoms with E-state index in [0.29, 0.717) is 18.3 Å². The van der Waals surface area contributed by atoms with Crippen molar-refractivity contribution >= 4 is 5.91 Å². The third-order valence-corrected chi connectivity index (χ3v) is 5.70. The number of amides is 1. The summed E-state index contributed by atoms with van der Waals surface area (Å²) in [6.45, 7) is 3.38. The number of benzene rings is 1. The van der Waals surface area contributed by atoms with Crippen molar-refractivity contribution < 1.29 is 9.53 Å². The van der Waals surface area contributed by atoms with Crippen LogP contribution in [0.25, 0.3) is 0 Å². The second-order valence-corrected chi connectivity index (χ2v) is 7.08. The van der Waals surface area contributed by atoms with Crippen molar-refractivity contribution in [3.63, 3.8) is 0 Å². The SMILES string of the molecule is CCO[C@H]1C[C@H](NC(=O)c2cn(Cc3ccccc3)nn2)C12CCC2. The molecule has 1 heterocycles. The lowest BCUT2D eigenvalue weighted by Gasteiger charge is -2.60. The van der Waals surface area contributed by atoms with E-state index in [4.69, 9.17) is 4.74 Å². The first-order chi connectivity index (χ1) is 12.2. The summed E-state index contributed by atoms with van der Waals surface area (Å²) < 4.78 is 7.54. The summed E-state index contributed by atoms with van der Waals surface area (Å²) in [5.41, 5.74) is 1.67. The summed E-state index contributed by atoms with van der Waals surface area (Å²) in [5, 5.41) is 11.3. The molecule has 25 heavy (non-hydrogen) atoms. The third kappa shape index (κ3) is 2.95. The van der Waals surface area contributed by atoms with Crippen LogP contribution in [0.5, 0.6) is 0 Å². The van der Waals surface area contributed by atoms with Gasteiger partial charge in [0.25, 0.3) is 5.91 Å². The quantitative estimate of drug-likeness (QED) is 0.877. The standard InChI is InChI=1S/C19H24N4O2/c1-2-25-17-11-16(19(17)9-6-10-19)20-18(24)15-13-23(22-21-15)12-14-7-4-3-5-8-14/h3-5,7-8,13,16-17H,2,6,9-12H2,1H3,(H,20,24)/t16-,17-/m0/s1. The molecule has 4 rings (SSSR count). The number of nitrogens with zero attached hydrogens (tertiary/aromatic N) is 3. The van der Waals surface area contributed by atoms with Crippen molar-refractivity contribution in [1.29, 1.82) is 0 Å². The fraction of sp³-hybridized carbons (Fsp3) is 0.526. The lowest BCUT2D eigenvalue weighted by atomic mass is 9.51. The molecule has 1 aromatic heterocycles. The highest BCUT2D eigenvalue weighted by Gasteiger charge is 2.59. The summed E-state index contributed by atoms with van der Waals surface area (Å²) in [6, 6.07) is 10.2. The van der Waals surface area contributed by atoms with Crippen LogP contribution in [-0.2, 0) is 11.3 Å². The van der Waals surface area contributed by atoms with Crippen LogP contribution in [-0.4, -0.2) is 39.7 Å². The van der Waals surface area contributed by atoms with Gasteiger partial charge in [-0.05, 0) is 31.7 Å². The highest BCUT2D eigenvalue weighted by Crippen LogP contribution is 2.57. The number of nitrogens with one attached hydrogen (secondary N) is 1. The predicted molar refractivity (Wildman–Crippen MR) is 93.1 cm³/mol. The molecular formula is C19H24N4O2. The molecule has 2 saturated carbocycles. The molecule has 6 heteroatoms. The maximum Gasteiger partial charge on any atom is 0.273 e. The molecule has 2 aliphatic carbocycles. The van der Waals surface area contributed by atoms with Crippen LogP contribution in [0.1, 0.15) is 48.7 Å². The highest BCUT2D eigenvalue weighted by atomic mass is 16.5. The zero-order valence-electron chi connectivity index (χ0n) is 14.5. The van der Waals surface area contributed by atoms with E-state index in [1.165, 1.54) is 6.42 Å². The first kappa shape index (κ1) is 16.3. The molecule has 2 aromatic rings. The smallest absolute Gasteiger partial charge is 0.273 e. The van der Waals surface area contributed by atoms with Crippen LogP contribution in [0.3, 0.4) is 0 Å². The summed E-state index contributed by atoms with van der Waals surface area (Å²) in [7, 11) is 0. The molecule has 1 N–H and O–H groups in total. The molecule has 1 amide bonds. The average molecular weight is 340 g/mol. The maximum atomic E-state index is 12.5. The van der Waals surface area contributed by atoms with Gasteiger partial charge in [-0.2, -0.15) is 0 Å². The van der Waals surface area contributed by atoms with Crippen LogP contribution in [0, 0.1) is 5.41 Å². The number of rotatable bonds is 6. The molecule has 0 unspecified atom stereocenters. The van der Waals surface area contributed by atoms with E-state index in [-0.39, 0.29) is 17.4 Å². The minimum Gasteiger partial charge on any atom is -0.378 e. The van der Waals surface area contributed by atoms with Gasteiger partial charge < -0.3 is 10.1 Å². The Morgan fingerprint density at radius 3 is 2.84 bits per heavy atom. The molecule has 0 aliphatic heterocycles. The molecule has 0 bridgehead atoms. The topological polar surface area (TPSA) is 69.0 Å². The van der Waals surface area contributed by atoms with Crippen molar-refractivity contribution in [2.75, 3.05) is 6.61 Å². The van der Waals surface area contributed by atoms with E-state index in [0.717, 1.165) is 31.4 Å². The fourth-order valence-electron chi connectivity index (χ4n) is 4.12. The largest absolute Gasteiger partial charge is 0.378 e. The second-order valence-electron chi connectivity index (χ2n) is 7.08. The van der Waals surface area contributed by atoms with Crippen molar-refractivity contribution in [2.24, 2.45) is 5.41 Å². The zero-order chi connectivity index (χ0) is 17.3. The minimum absolute atomic E-state index is 0.134. The van der Waals surface area contributed by atoms with E-state index < -0.39 is 0 Å². The van der Waals surface area contributed by atoms with Crippen LogP contribution in [0.15, 0.2) is 36.5 Å². The van der Waals surface area contributed by atoms with Gasteiger partial charge in [0.15, 0.2) is 5.69 Å². The van der Waals surface area contributed by atoms with Gasteiger partial charge in [0.1, 0.15) is 0 Å². The molecule has 2 fully saturated rings. The Kier molecular flexibility index (Phi) is 4.29. The summed E-state index contributed by atoms with van der Waals surface area (Å²) in [5.74, 6) is -0.134. The van der Waals surface area contributed by atoms with Gasteiger partial charge in [-0.25, -0.2) is 4.68 Å². The lowest BCUT2D eigenvalue weighted by Crippen LogP contribution is -2.67. The highest BCUT2D eigenvalue weighted by molar-refractivity contribution is 5.92. The first-order valence-electron chi connectivity index (χ1n) is 9.08. The van der Waals surface area contributed by atoms with Crippen LogP contribution >= 0.6 is 0 Å². The number of hydrogen-bond acceptors (Lipinski definition) is 4. The lowest BCUT2D eigenvalue weighted by molar-refractivity contribution is -0.169. The van der Waals surface area contributed by atoms with Gasteiger partial charge in [0, 0.05) is 18.1 Å². The van der Waals surface area contributed by atoms with Gasteiger partial charge in [-0.3, -0.25) is 4.79 Å². The molecule has 0 saturated heterocycles. The molecule has 132 valence electrons. The summed E-state index contributed by atoms with van der Waals surface area (Å²) >= 11 is 0. The summed E-state index contributed by atoms with van der Waals surface area (Å²) in [6.07, 6.45) is 6.42. The number of hydrogen-bond donors (Lipinski definition) is 1. The Morgan fingerprint density at radius 2 is 2.16 bits per heavy atom. The predicted octanol–water partition coefficient (Wildman–Crippen LogP) is 2.40. The third-order valence-electron chi connectivity index (χ3n) is 5.70. The average Bonchev–Trinajstić information content (AvgIpc) is 3.01. The van der Waals surface area contributed by atoms with Gasteiger partial charge >= 0.3 is 0 Å². The van der Waals surface area contributed by atoms with Gasteiger partial charge in [-0.15, -0.1) is 5.10 Å². The number of aromatic nitrogens is 3. The number of carbonyl (C=O) groups is 1. The fourth-order valence-corrected chi connectivity index (χ4v) is 4.12. The molecular weight excluding hydrogens is 316 g/mol. The van der Waals surface area contributed by atoms with E-state index >= 15 is 0 Å². The zero-order valence-corrected chi connectivity index (χ0v) is 14.5. The molecule has 6 nitrogen and oxygen atoms in total. The van der Waals surface area contributed by atoms with Crippen molar-refractivity contribution in [2.45, 2.75) is 51.3 Å². The van der Waals surface area contributed by atoms with Crippen LogP contribution < -0.4 is 5.32 Å². The maximum absolute atomic E-state index is 12.5. The van der Waals surface area contributed by atoms with E-state index in [1.807, 2.05) is 37.3 Å². The van der Waals surface area contributed by atoms with Crippen LogP contribution in [0.4, 0.5) is 0 Å². The van der Waals surface area contributed by atoms with E-state index in [9.17, 15) is 4.79 Å². The summed E-state index contributed by atoms with van der Waals surface area (Å²) in [4.78, 5) is 12.5. The van der Waals surface area contributed by atoms with Gasteiger partial charge in [0.05, 0.1) is 18.8 Å². The normalized spacial score (nSPS) is 23.7. The number of ether oxygens (including phenoxy) is 1. The second kappa shape index (κ2) is 6.59. The van der Waals surface area contributed by atoms with Gasteiger partial charge in [-0.1, -0.05) is 42.0 Å². The Bertz CT molecular complexity index is 739. The van der Waals surface area contributed by atoms with E-state index in [1.54, 1.807) is 10.9 Å².